The topological polar surface area (TPSA) is 129 Å². The zero-order valence-electron chi connectivity index (χ0n) is 13.4. The van der Waals surface area contributed by atoms with Crippen LogP contribution in [0, 0.1) is 0 Å². The van der Waals surface area contributed by atoms with Gasteiger partial charge in [0.2, 0.25) is 0 Å². The molecule has 0 unspecified atom stereocenters. The van der Waals surface area contributed by atoms with Crippen molar-refractivity contribution in [3.63, 3.8) is 0 Å². The maximum atomic E-state index is 11.6. The van der Waals surface area contributed by atoms with Gasteiger partial charge in [0.15, 0.2) is 0 Å². The maximum absolute atomic E-state index is 11.6. The minimum atomic E-state index is -1.31. The lowest BCUT2D eigenvalue weighted by Gasteiger charge is -2.09. The fourth-order valence-corrected chi connectivity index (χ4v) is 2.10. The first-order chi connectivity index (χ1) is 12.0. The Morgan fingerprint density at radius 3 is 2.68 bits per heavy atom. The van der Waals surface area contributed by atoms with Crippen molar-refractivity contribution in [1.82, 2.24) is 10.7 Å². The Morgan fingerprint density at radius 1 is 1.28 bits per heavy atom. The predicted octanol–water partition coefficient (Wildman–Crippen LogP) is -1.44. The van der Waals surface area contributed by atoms with Gasteiger partial charge in [0, 0.05) is 13.2 Å². The second-order valence-corrected chi connectivity index (χ2v) is 5.27. The van der Waals surface area contributed by atoms with Crippen molar-refractivity contribution >= 4 is 24.0 Å². The number of rotatable bonds is 7. The summed E-state index contributed by atoms with van der Waals surface area (Å²) in [7, 11) is 0. The molecule has 2 rings (SSSR count). The molecule has 1 aromatic rings. The second kappa shape index (κ2) is 9.38. The lowest BCUT2D eigenvalue weighted by atomic mass is 10.2. The van der Waals surface area contributed by atoms with Gasteiger partial charge in [-0.1, -0.05) is 0 Å². The molecule has 9 nitrogen and oxygen atoms in total. The van der Waals surface area contributed by atoms with Gasteiger partial charge >= 0.3 is 11.8 Å². The molecule has 0 spiro atoms. The summed E-state index contributed by atoms with van der Waals surface area (Å²) < 4.78 is 10.3. The number of carbonyl (C=O) groups is 3. The number of nitrogens with one attached hydrogen (secondary N) is 2. The minimum absolute atomic E-state index is 0.0436. The maximum Gasteiger partial charge on any atom is 0.329 e. The van der Waals surface area contributed by atoms with Crippen molar-refractivity contribution in [3.05, 3.63) is 29.8 Å². The smallest absolute Gasteiger partial charge is 0.329 e. The fourth-order valence-electron chi connectivity index (χ4n) is 2.10. The van der Waals surface area contributed by atoms with Crippen LogP contribution in [-0.2, 0) is 19.1 Å². The summed E-state index contributed by atoms with van der Waals surface area (Å²) in [6.45, 7) is 0.432. The minimum Gasteiger partial charge on any atom is -0.546 e. The highest BCUT2D eigenvalue weighted by atomic mass is 16.5. The van der Waals surface area contributed by atoms with Crippen LogP contribution in [0.15, 0.2) is 29.4 Å². The van der Waals surface area contributed by atoms with Crippen molar-refractivity contribution in [2.24, 2.45) is 5.10 Å². The largest absolute Gasteiger partial charge is 0.546 e. The molecule has 1 aliphatic heterocycles. The van der Waals surface area contributed by atoms with E-state index in [0.717, 1.165) is 12.8 Å². The van der Waals surface area contributed by atoms with Crippen LogP contribution in [0.2, 0.25) is 0 Å². The first-order valence-corrected chi connectivity index (χ1v) is 7.70. The summed E-state index contributed by atoms with van der Waals surface area (Å²) in [6, 6.07) is 6.30. The van der Waals surface area contributed by atoms with Gasteiger partial charge in [0.05, 0.1) is 18.3 Å². The SMILES string of the molecule is O=C([O-])COc1ccc(/C=N\NC(=O)C(=O)NC[C@@H]2CCCO2)cc1. The molecule has 25 heavy (non-hydrogen) atoms. The van der Waals surface area contributed by atoms with E-state index in [1.807, 2.05) is 0 Å². The molecule has 1 atom stereocenters. The zero-order valence-corrected chi connectivity index (χ0v) is 13.4. The van der Waals surface area contributed by atoms with E-state index < -0.39 is 24.4 Å². The lowest BCUT2D eigenvalue weighted by molar-refractivity contribution is -0.307. The number of benzene rings is 1. The Balaban J connectivity index is 1.72. The first kappa shape index (κ1) is 18.4. The number of hydrogen-bond donors (Lipinski definition) is 2. The fraction of sp³-hybridized carbons (Fsp3) is 0.375. The summed E-state index contributed by atoms with van der Waals surface area (Å²) >= 11 is 0. The molecule has 9 heteroatoms. The third kappa shape index (κ3) is 6.60. The second-order valence-electron chi connectivity index (χ2n) is 5.27. The highest BCUT2D eigenvalue weighted by Crippen LogP contribution is 2.11. The van der Waals surface area contributed by atoms with Gasteiger partial charge in [-0.2, -0.15) is 5.10 Å². The number of nitrogens with zero attached hydrogens (tertiary/aromatic N) is 1. The first-order valence-electron chi connectivity index (χ1n) is 7.70. The van der Waals surface area contributed by atoms with Gasteiger partial charge in [0.25, 0.3) is 0 Å². The molecular weight excluding hydrogens is 330 g/mol. The Hall–Kier alpha value is -2.94. The Morgan fingerprint density at radius 2 is 2.04 bits per heavy atom. The monoisotopic (exact) mass is 348 g/mol. The summed E-state index contributed by atoms with van der Waals surface area (Å²) in [5.41, 5.74) is 2.75. The summed E-state index contributed by atoms with van der Waals surface area (Å²) in [5, 5.41) is 16.5. The summed E-state index contributed by atoms with van der Waals surface area (Å²) in [4.78, 5) is 33.5. The predicted molar refractivity (Wildman–Crippen MR) is 84.7 cm³/mol. The number of carboxylic acids is 1. The molecule has 0 aromatic heterocycles. The Bertz CT molecular complexity index is 638. The number of aliphatic carboxylic acids is 1. The number of hydrazone groups is 1. The van der Waals surface area contributed by atoms with Crippen LogP contribution >= 0.6 is 0 Å². The molecule has 0 aliphatic carbocycles. The van der Waals surface area contributed by atoms with Gasteiger partial charge in [-0.05, 0) is 42.7 Å². The van der Waals surface area contributed by atoms with Crippen molar-refractivity contribution in [3.8, 4) is 5.75 Å². The van der Waals surface area contributed by atoms with Gasteiger partial charge in [0.1, 0.15) is 12.4 Å². The zero-order chi connectivity index (χ0) is 18.1. The lowest BCUT2D eigenvalue weighted by Crippen LogP contribution is -2.41. The van der Waals surface area contributed by atoms with E-state index in [0.29, 0.717) is 24.5 Å². The van der Waals surface area contributed by atoms with E-state index in [2.05, 4.69) is 15.8 Å². The molecule has 1 saturated heterocycles. The van der Waals surface area contributed by atoms with E-state index in [1.54, 1.807) is 24.3 Å². The van der Waals surface area contributed by atoms with Crippen LogP contribution in [-0.4, -0.2) is 49.9 Å². The number of carbonyl (C=O) groups excluding carboxylic acids is 3. The number of hydrogen-bond acceptors (Lipinski definition) is 7. The molecule has 1 heterocycles. The van der Waals surface area contributed by atoms with Crippen LogP contribution in [0.5, 0.6) is 5.75 Å². The molecule has 134 valence electrons. The average molecular weight is 348 g/mol. The molecule has 1 fully saturated rings. The van der Waals surface area contributed by atoms with Crippen LogP contribution in [0.4, 0.5) is 0 Å². The highest BCUT2D eigenvalue weighted by Gasteiger charge is 2.18. The number of carboxylic acid groups (broad SMARTS) is 1. The average Bonchev–Trinajstić information content (AvgIpc) is 3.12. The van der Waals surface area contributed by atoms with Crippen LogP contribution in [0.1, 0.15) is 18.4 Å². The quantitative estimate of drug-likeness (QED) is 0.353. The van der Waals surface area contributed by atoms with Gasteiger partial charge in [-0.25, -0.2) is 5.43 Å². The van der Waals surface area contributed by atoms with Gasteiger partial charge in [-0.3, -0.25) is 9.59 Å². The highest BCUT2D eigenvalue weighted by molar-refractivity contribution is 6.35. The third-order valence-electron chi connectivity index (χ3n) is 3.34. The third-order valence-corrected chi connectivity index (χ3v) is 3.34. The molecule has 1 aromatic carbocycles. The Kier molecular flexibility index (Phi) is 6.90. The molecule has 2 amide bonds. The molecule has 1 aliphatic rings. The van der Waals surface area contributed by atoms with Gasteiger partial charge < -0.3 is 24.7 Å². The summed E-state index contributed by atoms with van der Waals surface area (Å²) in [5.74, 6) is -2.60. The van der Waals surface area contributed by atoms with Gasteiger partial charge in [-0.15, -0.1) is 0 Å². The molecule has 2 N–H and O–H groups in total. The number of amides is 2. The molecule has 0 saturated carbocycles. The van der Waals surface area contributed by atoms with Crippen LogP contribution in [0.25, 0.3) is 0 Å². The molecular formula is C16H18N3O6-. The van der Waals surface area contributed by atoms with Crippen molar-refractivity contribution < 1.29 is 29.0 Å². The van der Waals surface area contributed by atoms with E-state index in [-0.39, 0.29) is 6.10 Å². The standard InChI is InChI=1S/C16H19N3O6/c20-14(21)10-25-12-5-3-11(4-6-12)8-18-19-16(23)15(22)17-9-13-2-1-7-24-13/h3-6,8,13H,1-2,7,9-10H2,(H,17,22)(H,19,23)(H,20,21)/p-1/b18-8-/t13-/m0/s1. The van der Waals surface area contributed by atoms with E-state index in [9.17, 15) is 19.5 Å². The molecule has 0 radical (unpaired) electrons. The molecule has 0 bridgehead atoms. The normalized spacial score (nSPS) is 16.6. The van der Waals surface area contributed by atoms with Crippen molar-refractivity contribution in [2.45, 2.75) is 18.9 Å². The van der Waals surface area contributed by atoms with Crippen molar-refractivity contribution in [1.29, 1.82) is 0 Å². The van der Waals surface area contributed by atoms with E-state index in [4.69, 9.17) is 9.47 Å². The van der Waals surface area contributed by atoms with Crippen LogP contribution < -0.4 is 20.6 Å². The van der Waals surface area contributed by atoms with E-state index >= 15 is 0 Å². The Labute approximate surface area is 144 Å². The summed E-state index contributed by atoms with van der Waals surface area (Å²) in [6.07, 6.45) is 3.11. The van der Waals surface area contributed by atoms with E-state index in [1.165, 1.54) is 6.21 Å². The number of ether oxygens (including phenoxy) is 2. The van der Waals surface area contributed by atoms with Crippen molar-refractivity contribution in [2.75, 3.05) is 19.8 Å². The van der Waals surface area contributed by atoms with Crippen LogP contribution in [0.3, 0.4) is 0 Å².